The largest absolute Gasteiger partial charge is 0.481 e. The lowest BCUT2D eigenvalue weighted by atomic mass is 10.1. The van der Waals surface area contributed by atoms with Gasteiger partial charge in [-0.05, 0) is 12.1 Å². The van der Waals surface area contributed by atoms with Crippen LogP contribution >= 0.6 is 0 Å². The molecule has 8 nitrogen and oxygen atoms in total. The van der Waals surface area contributed by atoms with Gasteiger partial charge in [0, 0.05) is 6.92 Å². The van der Waals surface area contributed by atoms with Crippen molar-refractivity contribution in [2.24, 2.45) is 0 Å². The summed E-state index contributed by atoms with van der Waals surface area (Å²) < 4.78 is 4.83. The molecule has 3 N–H and O–H groups in total. The van der Waals surface area contributed by atoms with Crippen LogP contribution < -0.4 is 10.1 Å². The molecule has 1 aromatic rings. The minimum Gasteiger partial charge on any atom is -0.481 e. The van der Waals surface area contributed by atoms with Crippen molar-refractivity contribution in [3.8, 4) is 5.75 Å². The summed E-state index contributed by atoms with van der Waals surface area (Å²) in [5.74, 6) is -4.37. The van der Waals surface area contributed by atoms with Crippen molar-refractivity contribution in [2.75, 3.05) is 0 Å². The minimum atomic E-state index is -1.58. The molecule has 0 bridgehead atoms. The average molecular weight is 295 g/mol. The third-order valence-electron chi connectivity index (χ3n) is 2.37. The van der Waals surface area contributed by atoms with Crippen molar-refractivity contribution < 1.29 is 34.1 Å². The Morgan fingerprint density at radius 3 is 2.33 bits per heavy atom. The van der Waals surface area contributed by atoms with Gasteiger partial charge in [0.25, 0.3) is 5.91 Å². The van der Waals surface area contributed by atoms with E-state index in [1.807, 2.05) is 0 Å². The predicted octanol–water partition coefficient (Wildman–Crippen LogP) is 0.270. The van der Waals surface area contributed by atoms with Crippen LogP contribution in [0.4, 0.5) is 0 Å². The number of esters is 1. The van der Waals surface area contributed by atoms with Gasteiger partial charge in [-0.1, -0.05) is 12.1 Å². The number of carboxylic acid groups (broad SMARTS) is 2. The summed E-state index contributed by atoms with van der Waals surface area (Å²) in [7, 11) is 0. The Hall–Kier alpha value is -2.90. The molecule has 0 aromatic heterocycles. The highest BCUT2D eigenvalue weighted by Crippen LogP contribution is 2.18. The zero-order valence-electron chi connectivity index (χ0n) is 11.0. The fraction of sp³-hybridized carbons (Fsp3) is 0.231. The number of carbonyl (C=O) groups excluding carboxylic acids is 2. The summed E-state index contributed by atoms with van der Waals surface area (Å²) in [4.78, 5) is 44.4. The molecule has 1 rings (SSSR count). The topological polar surface area (TPSA) is 130 Å². The van der Waals surface area contributed by atoms with Gasteiger partial charge in [-0.25, -0.2) is 4.79 Å². The number of hydrogen-bond donors (Lipinski definition) is 3. The zero-order chi connectivity index (χ0) is 16.0. The van der Waals surface area contributed by atoms with E-state index in [1.165, 1.54) is 24.3 Å². The van der Waals surface area contributed by atoms with Crippen LogP contribution in [0.3, 0.4) is 0 Å². The molecule has 1 amide bonds. The molecule has 1 atom stereocenters. The maximum absolute atomic E-state index is 12.0. The van der Waals surface area contributed by atoms with Crippen LogP contribution in [0.2, 0.25) is 0 Å². The van der Waals surface area contributed by atoms with Crippen LogP contribution in [-0.4, -0.2) is 40.1 Å². The van der Waals surface area contributed by atoms with Crippen molar-refractivity contribution in [1.29, 1.82) is 0 Å². The summed E-state index contributed by atoms with van der Waals surface area (Å²) >= 11 is 0. The SMILES string of the molecule is CC(=O)Oc1ccccc1C(=O)N[C@@H](CC(=O)O)C(=O)O. The van der Waals surface area contributed by atoms with E-state index in [0.29, 0.717) is 0 Å². The number of ether oxygens (including phenoxy) is 1. The lowest BCUT2D eigenvalue weighted by molar-refractivity contribution is -0.145. The summed E-state index contributed by atoms with van der Waals surface area (Å²) in [6.07, 6.45) is -0.767. The lowest BCUT2D eigenvalue weighted by Gasteiger charge is -2.14. The van der Waals surface area contributed by atoms with Gasteiger partial charge in [-0.2, -0.15) is 0 Å². The molecule has 21 heavy (non-hydrogen) atoms. The van der Waals surface area contributed by atoms with Gasteiger partial charge in [-0.15, -0.1) is 0 Å². The van der Waals surface area contributed by atoms with Crippen molar-refractivity contribution in [2.45, 2.75) is 19.4 Å². The number of amides is 1. The highest BCUT2D eigenvalue weighted by Gasteiger charge is 2.25. The van der Waals surface area contributed by atoms with Crippen molar-refractivity contribution in [3.63, 3.8) is 0 Å². The third kappa shape index (κ3) is 4.94. The lowest BCUT2D eigenvalue weighted by Crippen LogP contribution is -2.42. The standard InChI is InChI=1S/C13H13NO7/c1-7(15)21-10-5-3-2-4-8(10)12(18)14-9(13(19)20)6-11(16)17/h2-5,9H,6H2,1H3,(H,14,18)(H,16,17)(H,19,20)/t9-/m0/s1. The molecule has 1 aromatic carbocycles. The molecular formula is C13H13NO7. The number of carbonyl (C=O) groups is 4. The van der Waals surface area contributed by atoms with Crippen LogP contribution in [0.15, 0.2) is 24.3 Å². The highest BCUT2D eigenvalue weighted by atomic mass is 16.5. The normalized spacial score (nSPS) is 11.3. The van der Waals surface area contributed by atoms with Gasteiger partial charge in [0.05, 0.1) is 12.0 Å². The average Bonchev–Trinajstić information content (AvgIpc) is 2.37. The van der Waals surface area contributed by atoms with Gasteiger partial charge < -0.3 is 20.3 Å². The first-order valence-corrected chi connectivity index (χ1v) is 5.84. The maximum atomic E-state index is 12.0. The molecule has 0 fully saturated rings. The number of para-hydroxylation sites is 1. The second-order valence-corrected chi connectivity index (χ2v) is 4.05. The van der Waals surface area contributed by atoms with E-state index in [4.69, 9.17) is 14.9 Å². The molecule has 0 saturated carbocycles. The number of rotatable bonds is 6. The van der Waals surface area contributed by atoms with E-state index in [9.17, 15) is 19.2 Å². The van der Waals surface area contributed by atoms with E-state index >= 15 is 0 Å². The fourth-order valence-corrected chi connectivity index (χ4v) is 1.51. The van der Waals surface area contributed by atoms with Gasteiger partial charge >= 0.3 is 17.9 Å². The first-order chi connectivity index (χ1) is 9.81. The van der Waals surface area contributed by atoms with E-state index in [0.717, 1.165) is 6.92 Å². The molecule has 0 heterocycles. The fourth-order valence-electron chi connectivity index (χ4n) is 1.51. The first-order valence-electron chi connectivity index (χ1n) is 5.84. The van der Waals surface area contributed by atoms with Crippen LogP contribution in [0, 0.1) is 0 Å². The quantitative estimate of drug-likeness (QED) is 0.507. The van der Waals surface area contributed by atoms with E-state index in [1.54, 1.807) is 0 Å². The Morgan fingerprint density at radius 2 is 1.81 bits per heavy atom. The van der Waals surface area contributed by atoms with Gasteiger partial charge in [0.15, 0.2) is 0 Å². The van der Waals surface area contributed by atoms with E-state index < -0.39 is 36.3 Å². The monoisotopic (exact) mass is 295 g/mol. The van der Waals surface area contributed by atoms with Gasteiger partial charge in [-0.3, -0.25) is 14.4 Å². The second-order valence-electron chi connectivity index (χ2n) is 4.05. The number of benzene rings is 1. The molecule has 8 heteroatoms. The van der Waals surface area contributed by atoms with Crippen molar-refractivity contribution >= 4 is 23.8 Å². The number of aliphatic carboxylic acids is 2. The number of hydrogen-bond acceptors (Lipinski definition) is 5. The smallest absolute Gasteiger partial charge is 0.326 e. The van der Waals surface area contributed by atoms with Crippen LogP contribution in [0.5, 0.6) is 5.75 Å². The molecule has 0 spiro atoms. The summed E-state index contributed by atoms with van der Waals surface area (Å²) in [6.45, 7) is 1.15. The summed E-state index contributed by atoms with van der Waals surface area (Å²) in [6, 6.07) is 4.13. The Balaban J connectivity index is 2.94. The molecule has 112 valence electrons. The van der Waals surface area contributed by atoms with Crippen molar-refractivity contribution in [1.82, 2.24) is 5.32 Å². The van der Waals surface area contributed by atoms with Gasteiger partial charge in [0.2, 0.25) is 0 Å². The highest BCUT2D eigenvalue weighted by molar-refractivity contribution is 6.00. The Kier molecular flexibility index (Phi) is 5.41. The molecule has 0 radical (unpaired) electrons. The van der Waals surface area contributed by atoms with Crippen molar-refractivity contribution in [3.05, 3.63) is 29.8 Å². The molecule has 0 aliphatic rings. The zero-order valence-corrected chi connectivity index (χ0v) is 11.0. The Labute approximate surface area is 119 Å². The summed E-state index contributed by atoms with van der Waals surface area (Å²) in [5, 5.41) is 19.5. The molecular weight excluding hydrogens is 282 g/mol. The Bertz CT molecular complexity index is 582. The predicted molar refractivity (Wildman–Crippen MR) is 68.9 cm³/mol. The molecule has 0 unspecified atom stereocenters. The molecule has 0 aliphatic heterocycles. The van der Waals surface area contributed by atoms with Crippen LogP contribution in [0.1, 0.15) is 23.7 Å². The van der Waals surface area contributed by atoms with Crippen LogP contribution in [-0.2, 0) is 14.4 Å². The van der Waals surface area contributed by atoms with Gasteiger partial charge in [0.1, 0.15) is 11.8 Å². The Morgan fingerprint density at radius 1 is 1.19 bits per heavy atom. The second kappa shape index (κ2) is 7.04. The van der Waals surface area contributed by atoms with E-state index in [-0.39, 0.29) is 11.3 Å². The number of nitrogens with one attached hydrogen (secondary N) is 1. The summed E-state index contributed by atoms with van der Waals surface area (Å²) in [5.41, 5.74) is -0.0654. The maximum Gasteiger partial charge on any atom is 0.326 e. The van der Waals surface area contributed by atoms with E-state index in [2.05, 4.69) is 5.32 Å². The minimum absolute atomic E-state index is 0.0398. The third-order valence-corrected chi connectivity index (χ3v) is 2.37. The number of carboxylic acids is 2. The molecule has 0 aliphatic carbocycles. The van der Waals surface area contributed by atoms with Crippen LogP contribution in [0.25, 0.3) is 0 Å². The molecule has 0 saturated heterocycles. The first kappa shape index (κ1) is 16.2.